The number of benzene rings is 2. The third kappa shape index (κ3) is 3.66. The van der Waals surface area contributed by atoms with E-state index in [0.29, 0.717) is 17.0 Å². The number of nitrogens with zero attached hydrogens (tertiary/aromatic N) is 1. The summed E-state index contributed by atoms with van der Waals surface area (Å²) in [5.74, 6) is 0.665. The lowest BCUT2D eigenvalue weighted by atomic mass is 9.99. The second-order valence-electron chi connectivity index (χ2n) is 7.22. The predicted octanol–water partition coefficient (Wildman–Crippen LogP) is 1.24. The van der Waals surface area contributed by atoms with Crippen LogP contribution < -0.4 is 10.1 Å². The molecule has 8 nitrogen and oxygen atoms in total. The molecule has 2 aliphatic heterocycles. The first-order valence-corrected chi connectivity index (χ1v) is 9.67. The van der Waals surface area contributed by atoms with E-state index in [9.17, 15) is 20.1 Å². The lowest BCUT2D eigenvalue weighted by molar-refractivity contribution is -0.0625. The Hall–Kier alpha value is -2.91. The number of methoxy groups -OCH3 is 1. The molecule has 1 saturated heterocycles. The third-order valence-corrected chi connectivity index (χ3v) is 5.40. The van der Waals surface area contributed by atoms with E-state index in [4.69, 9.17) is 9.47 Å². The van der Waals surface area contributed by atoms with Gasteiger partial charge < -0.3 is 30.1 Å². The van der Waals surface area contributed by atoms with Crippen molar-refractivity contribution in [1.29, 1.82) is 0 Å². The molecular formula is C22H24N2O6. The maximum Gasteiger partial charge on any atom is 0.324 e. The number of hydrogen-bond acceptors (Lipinski definition) is 6. The summed E-state index contributed by atoms with van der Waals surface area (Å²) in [6, 6.07) is 15.8. The molecule has 5 unspecified atom stereocenters. The minimum Gasteiger partial charge on any atom is -0.497 e. The van der Waals surface area contributed by atoms with Crippen molar-refractivity contribution < 1.29 is 29.6 Å². The van der Waals surface area contributed by atoms with Gasteiger partial charge in [-0.15, -0.1) is 0 Å². The number of amides is 2. The highest BCUT2D eigenvalue weighted by Crippen LogP contribution is 2.35. The zero-order valence-electron chi connectivity index (χ0n) is 16.4. The molecule has 1 fully saturated rings. The zero-order valence-corrected chi connectivity index (χ0v) is 16.4. The third-order valence-electron chi connectivity index (χ3n) is 5.40. The van der Waals surface area contributed by atoms with Crippen molar-refractivity contribution in [2.24, 2.45) is 0 Å². The molecule has 30 heavy (non-hydrogen) atoms. The van der Waals surface area contributed by atoms with Crippen LogP contribution in [0.15, 0.2) is 60.7 Å². The van der Waals surface area contributed by atoms with E-state index >= 15 is 0 Å². The summed E-state index contributed by atoms with van der Waals surface area (Å²) in [6.07, 6.45) is -2.95. The molecule has 0 saturated carbocycles. The van der Waals surface area contributed by atoms with E-state index in [-0.39, 0.29) is 6.04 Å². The Labute approximate surface area is 174 Å². The zero-order chi connectivity index (χ0) is 21.3. The highest BCUT2D eigenvalue weighted by Gasteiger charge is 2.48. The fourth-order valence-electron chi connectivity index (χ4n) is 3.77. The van der Waals surface area contributed by atoms with E-state index in [0.717, 1.165) is 5.56 Å². The number of carbonyl (C=O) groups excluding carboxylic acids is 1. The summed E-state index contributed by atoms with van der Waals surface area (Å²) >= 11 is 0. The second-order valence-corrected chi connectivity index (χ2v) is 7.22. The minimum atomic E-state index is -1.37. The molecule has 0 aromatic heterocycles. The van der Waals surface area contributed by atoms with E-state index in [1.54, 1.807) is 31.4 Å². The first-order chi connectivity index (χ1) is 14.5. The quantitative estimate of drug-likeness (QED) is 0.588. The van der Waals surface area contributed by atoms with Crippen molar-refractivity contribution in [3.8, 4) is 5.75 Å². The maximum absolute atomic E-state index is 13.1. The Morgan fingerprint density at radius 3 is 2.37 bits per heavy atom. The Balaban J connectivity index is 1.76. The second kappa shape index (κ2) is 8.45. The number of carbonyl (C=O) groups is 1. The fourth-order valence-corrected chi connectivity index (χ4v) is 3.77. The predicted molar refractivity (Wildman–Crippen MR) is 108 cm³/mol. The monoisotopic (exact) mass is 412 g/mol. The molecule has 4 rings (SSSR count). The van der Waals surface area contributed by atoms with Gasteiger partial charge in [0.2, 0.25) is 0 Å². The van der Waals surface area contributed by atoms with Gasteiger partial charge in [-0.3, -0.25) is 4.90 Å². The lowest BCUT2D eigenvalue weighted by Crippen LogP contribution is -2.53. The lowest BCUT2D eigenvalue weighted by Gasteiger charge is -2.37. The summed E-state index contributed by atoms with van der Waals surface area (Å²) < 4.78 is 10.8. The van der Waals surface area contributed by atoms with E-state index in [1.165, 1.54) is 4.90 Å². The van der Waals surface area contributed by atoms with Gasteiger partial charge >= 0.3 is 6.03 Å². The van der Waals surface area contributed by atoms with Gasteiger partial charge in [-0.05, 0) is 41.5 Å². The van der Waals surface area contributed by atoms with Crippen molar-refractivity contribution in [2.75, 3.05) is 13.7 Å². The molecule has 0 bridgehead atoms. The summed E-state index contributed by atoms with van der Waals surface area (Å²) in [5, 5.41) is 33.0. The van der Waals surface area contributed by atoms with E-state index in [1.807, 2.05) is 36.4 Å². The number of nitrogens with one attached hydrogen (secondary N) is 1. The first-order valence-electron chi connectivity index (χ1n) is 9.67. The van der Waals surface area contributed by atoms with E-state index < -0.39 is 37.2 Å². The van der Waals surface area contributed by atoms with Gasteiger partial charge in [0.05, 0.1) is 25.5 Å². The first kappa shape index (κ1) is 20.4. The molecule has 4 N–H and O–H groups in total. The Kier molecular flexibility index (Phi) is 5.74. The van der Waals surface area contributed by atoms with Crippen LogP contribution in [-0.4, -0.2) is 64.5 Å². The van der Waals surface area contributed by atoms with Crippen LogP contribution in [0.1, 0.15) is 17.2 Å². The van der Waals surface area contributed by atoms with Crippen molar-refractivity contribution in [3.63, 3.8) is 0 Å². The van der Waals surface area contributed by atoms with E-state index in [2.05, 4.69) is 5.32 Å². The van der Waals surface area contributed by atoms with Gasteiger partial charge in [-0.1, -0.05) is 30.3 Å². The minimum absolute atomic E-state index is 0.385. The van der Waals surface area contributed by atoms with Crippen LogP contribution in [0.2, 0.25) is 0 Å². The van der Waals surface area contributed by atoms with Crippen LogP contribution in [-0.2, 0) is 4.74 Å². The summed E-state index contributed by atoms with van der Waals surface area (Å²) in [7, 11) is 1.57. The van der Waals surface area contributed by atoms with Crippen LogP contribution in [0, 0.1) is 0 Å². The molecule has 0 spiro atoms. The SMILES string of the molecule is COc1ccc(C2=CC(c3ccccc3)NC(=O)N2C2OC(CO)C(O)C2O)cc1. The average Bonchev–Trinajstić information content (AvgIpc) is 3.07. The van der Waals surface area contributed by atoms with Crippen LogP contribution in [0.5, 0.6) is 5.75 Å². The molecule has 2 aliphatic rings. The van der Waals surface area contributed by atoms with Gasteiger partial charge in [0, 0.05) is 0 Å². The van der Waals surface area contributed by atoms with Crippen molar-refractivity contribution in [2.45, 2.75) is 30.6 Å². The molecular weight excluding hydrogens is 388 g/mol. The van der Waals surface area contributed by atoms with Gasteiger partial charge in [-0.2, -0.15) is 0 Å². The smallest absolute Gasteiger partial charge is 0.324 e. The van der Waals surface area contributed by atoms with Crippen molar-refractivity contribution >= 4 is 11.7 Å². The standard InChI is InChI=1S/C22H24N2O6/c1-29-15-9-7-14(8-10-15)17-11-16(13-5-3-2-4-6-13)23-22(28)24(17)21-20(27)19(26)18(12-25)30-21/h2-11,16,18-21,25-27H,12H2,1H3,(H,23,28). The Morgan fingerprint density at radius 1 is 1.07 bits per heavy atom. The largest absolute Gasteiger partial charge is 0.497 e. The normalized spacial score (nSPS) is 28.8. The molecule has 2 aromatic carbocycles. The summed E-state index contributed by atoms with van der Waals surface area (Å²) in [4.78, 5) is 14.4. The van der Waals surface area contributed by atoms with Crippen LogP contribution >= 0.6 is 0 Å². The number of rotatable bonds is 5. The highest BCUT2D eigenvalue weighted by atomic mass is 16.6. The fraction of sp³-hybridized carbons (Fsp3) is 0.318. The van der Waals surface area contributed by atoms with Crippen molar-refractivity contribution in [3.05, 3.63) is 71.8 Å². The Bertz CT molecular complexity index is 917. The number of hydrogen-bond donors (Lipinski definition) is 4. The number of ether oxygens (including phenoxy) is 2. The van der Waals surface area contributed by atoms with Gasteiger partial charge in [0.15, 0.2) is 6.23 Å². The van der Waals surface area contributed by atoms with Crippen LogP contribution in [0.4, 0.5) is 4.79 Å². The molecule has 2 heterocycles. The van der Waals surface area contributed by atoms with Gasteiger partial charge in [0.1, 0.15) is 24.1 Å². The number of urea groups is 1. The molecule has 5 atom stereocenters. The highest BCUT2D eigenvalue weighted by molar-refractivity contribution is 5.89. The topological polar surface area (TPSA) is 111 Å². The molecule has 2 aromatic rings. The number of aliphatic hydroxyl groups excluding tert-OH is 3. The maximum atomic E-state index is 13.1. The molecule has 2 amide bonds. The molecule has 0 aliphatic carbocycles. The van der Waals surface area contributed by atoms with Crippen LogP contribution in [0.25, 0.3) is 5.70 Å². The average molecular weight is 412 g/mol. The molecule has 158 valence electrons. The number of aliphatic hydroxyl groups is 3. The summed E-state index contributed by atoms with van der Waals surface area (Å²) in [6.45, 7) is -0.474. The Morgan fingerprint density at radius 2 is 1.77 bits per heavy atom. The van der Waals surface area contributed by atoms with Gasteiger partial charge in [0.25, 0.3) is 0 Å². The molecule has 0 radical (unpaired) electrons. The van der Waals surface area contributed by atoms with Crippen molar-refractivity contribution in [1.82, 2.24) is 10.2 Å². The molecule has 8 heteroatoms. The summed E-state index contributed by atoms with van der Waals surface area (Å²) in [5.41, 5.74) is 2.13. The van der Waals surface area contributed by atoms with Gasteiger partial charge in [-0.25, -0.2) is 4.79 Å². The van der Waals surface area contributed by atoms with Crippen LogP contribution in [0.3, 0.4) is 0 Å².